The maximum Gasteiger partial charge on any atom is 0.220 e. The molecule has 4 aliphatic rings. The van der Waals surface area contributed by atoms with E-state index in [0.717, 1.165) is 30.7 Å². The fraction of sp³-hybridized carbons (Fsp3) is 0.938. The van der Waals surface area contributed by atoms with Crippen molar-refractivity contribution in [3.63, 3.8) is 0 Å². The van der Waals surface area contributed by atoms with Crippen LogP contribution in [-0.4, -0.2) is 18.3 Å². The monoisotopic (exact) mass is 283 g/mol. The summed E-state index contributed by atoms with van der Waals surface area (Å²) in [6.45, 7) is 2.81. The molecule has 108 valence electrons. The average molecular weight is 284 g/mol. The second-order valence-corrected chi connectivity index (χ2v) is 7.97. The van der Waals surface area contributed by atoms with Gasteiger partial charge in [0.25, 0.3) is 0 Å². The fourth-order valence-corrected chi connectivity index (χ4v) is 5.36. The van der Waals surface area contributed by atoms with Crippen LogP contribution < -0.4 is 5.32 Å². The van der Waals surface area contributed by atoms with E-state index in [2.05, 4.69) is 12.2 Å². The zero-order valence-corrected chi connectivity index (χ0v) is 12.7. The van der Waals surface area contributed by atoms with Crippen LogP contribution in [0.25, 0.3) is 0 Å². The van der Waals surface area contributed by atoms with Crippen molar-refractivity contribution in [2.45, 2.75) is 51.9 Å². The van der Waals surface area contributed by atoms with E-state index in [1.165, 1.54) is 38.5 Å². The minimum Gasteiger partial charge on any atom is -0.356 e. The van der Waals surface area contributed by atoms with E-state index in [4.69, 9.17) is 11.6 Å². The van der Waals surface area contributed by atoms with E-state index >= 15 is 0 Å². The summed E-state index contributed by atoms with van der Waals surface area (Å²) in [6, 6.07) is 0. The number of hydrogen-bond donors (Lipinski definition) is 1. The lowest BCUT2D eigenvalue weighted by molar-refractivity contribution is -0.129. The molecule has 0 aromatic heterocycles. The first-order chi connectivity index (χ1) is 9.08. The molecule has 0 radical (unpaired) electrons. The van der Waals surface area contributed by atoms with Crippen molar-refractivity contribution in [2.75, 3.05) is 12.4 Å². The van der Waals surface area contributed by atoms with Crippen LogP contribution in [0.2, 0.25) is 0 Å². The van der Waals surface area contributed by atoms with Gasteiger partial charge < -0.3 is 5.32 Å². The van der Waals surface area contributed by atoms with E-state index < -0.39 is 0 Å². The molecule has 1 N–H and O–H groups in total. The summed E-state index contributed by atoms with van der Waals surface area (Å²) >= 11 is 5.78. The molecule has 4 rings (SSSR count). The first kappa shape index (κ1) is 13.7. The van der Waals surface area contributed by atoms with Gasteiger partial charge in [-0.1, -0.05) is 6.92 Å². The van der Waals surface area contributed by atoms with E-state index in [-0.39, 0.29) is 5.91 Å². The van der Waals surface area contributed by atoms with Crippen LogP contribution in [0.5, 0.6) is 0 Å². The number of carbonyl (C=O) groups excluding carboxylic acids is 1. The average Bonchev–Trinajstić information content (AvgIpc) is 2.33. The Labute approximate surface area is 121 Å². The summed E-state index contributed by atoms with van der Waals surface area (Å²) in [4.78, 5) is 12.2. The molecule has 4 fully saturated rings. The summed E-state index contributed by atoms with van der Waals surface area (Å²) in [5.74, 6) is 4.06. The van der Waals surface area contributed by atoms with Crippen molar-refractivity contribution < 1.29 is 4.79 Å². The molecule has 0 saturated heterocycles. The summed E-state index contributed by atoms with van der Waals surface area (Å²) in [5, 5.41) is 3.08. The number of carbonyl (C=O) groups is 1. The van der Waals surface area contributed by atoms with Gasteiger partial charge in [0.2, 0.25) is 5.91 Å². The molecule has 0 aromatic rings. The summed E-state index contributed by atoms with van der Waals surface area (Å²) in [6.07, 6.45) is 9.07. The van der Waals surface area contributed by atoms with Crippen molar-refractivity contribution in [3.05, 3.63) is 0 Å². The molecular formula is C16H26ClNO. The van der Waals surface area contributed by atoms with Crippen molar-refractivity contribution in [2.24, 2.45) is 29.1 Å². The van der Waals surface area contributed by atoms with Crippen LogP contribution in [0, 0.1) is 29.1 Å². The van der Waals surface area contributed by atoms with Gasteiger partial charge in [-0.15, -0.1) is 11.6 Å². The summed E-state index contributed by atoms with van der Waals surface area (Å²) in [5.41, 5.74) is 0.364. The zero-order chi connectivity index (χ0) is 13.5. The number of alkyl halides is 1. The molecular weight excluding hydrogens is 258 g/mol. The van der Waals surface area contributed by atoms with Crippen molar-refractivity contribution in [3.8, 4) is 0 Å². The van der Waals surface area contributed by atoms with Gasteiger partial charge in [-0.2, -0.15) is 0 Å². The van der Waals surface area contributed by atoms with Crippen molar-refractivity contribution >= 4 is 17.5 Å². The summed E-state index contributed by atoms with van der Waals surface area (Å²) < 4.78 is 0. The van der Waals surface area contributed by atoms with Gasteiger partial charge in [0.15, 0.2) is 0 Å². The van der Waals surface area contributed by atoms with Crippen molar-refractivity contribution in [1.82, 2.24) is 5.32 Å². The molecule has 0 spiro atoms. The van der Waals surface area contributed by atoms with Gasteiger partial charge in [-0.3, -0.25) is 4.79 Å². The van der Waals surface area contributed by atoms with E-state index in [9.17, 15) is 4.79 Å². The van der Waals surface area contributed by atoms with Crippen molar-refractivity contribution in [1.29, 1.82) is 0 Å². The molecule has 2 nitrogen and oxygen atoms in total. The molecule has 4 bridgehead atoms. The SMILES string of the molecule is CC(CCl)CNC(=O)CC12CC3CC(CC(C3)C1)C2. The Kier molecular flexibility index (Phi) is 3.81. The Morgan fingerprint density at radius 1 is 1.21 bits per heavy atom. The first-order valence-electron chi connectivity index (χ1n) is 7.91. The topological polar surface area (TPSA) is 29.1 Å². The highest BCUT2D eigenvalue weighted by molar-refractivity contribution is 6.18. The quantitative estimate of drug-likeness (QED) is 0.768. The number of amides is 1. The Morgan fingerprint density at radius 3 is 2.21 bits per heavy atom. The molecule has 1 amide bonds. The Balaban J connectivity index is 1.56. The predicted octanol–water partition coefficient (Wildman–Crippen LogP) is 3.58. The third-order valence-corrected chi connectivity index (χ3v) is 6.14. The van der Waals surface area contributed by atoms with Crippen LogP contribution >= 0.6 is 11.6 Å². The second-order valence-electron chi connectivity index (χ2n) is 7.66. The minimum absolute atomic E-state index is 0.263. The zero-order valence-electron chi connectivity index (χ0n) is 12.0. The molecule has 3 heteroatoms. The lowest BCUT2D eigenvalue weighted by atomic mass is 9.49. The number of nitrogens with one attached hydrogen (secondary N) is 1. The van der Waals surface area contributed by atoms with Gasteiger partial charge in [0, 0.05) is 18.8 Å². The fourth-order valence-electron chi connectivity index (χ4n) is 5.25. The Hall–Kier alpha value is -0.240. The first-order valence-corrected chi connectivity index (χ1v) is 8.45. The number of hydrogen-bond acceptors (Lipinski definition) is 1. The molecule has 0 aliphatic heterocycles. The smallest absolute Gasteiger partial charge is 0.220 e. The van der Waals surface area contributed by atoms with Crippen LogP contribution in [-0.2, 0) is 4.79 Å². The molecule has 4 saturated carbocycles. The molecule has 0 heterocycles. The Bertz CT molecular complexity index is 319. The van der Waals surface area contributed by atoms with Gasteiger partial charge in [0.05, 0.1) is 0 Å². The predicted molar refractivity (Wildman–Crippen MR) is 78.1 cm³/mol. The van der Waals surface area contributed by atoms with Gasteiger partial charge >= 0.3 is 0 Å². The number of rotatable bonds is 5. The summed E-state index contributed by atoms with van der Waals surface area (Å²) in [7, 11) is 0. The van der Waals surface area contributed by atoms with Crippen LogP contribution in [0.4, 0.5) is 0 Å². The van der Waals surface area contributed by atoms with Crippen LogP contribution in [0.3, 0.4) is 0 Å². The Morgan fingerprint density at radius 2 is 1.74 bits per heavy atom. The highest BCUT2D eigenvalue weighted by atomic mass is 35.5. The third-order valence-electron chi connectivity index (χ3n) is 5.61. The van der Waals surface area contributed by atoms with Gasteiger partial charge in [-0.05, 0) is 67.6 Å². The molecule has 1 unspecified atom stereocenters. The second kappa shape index (κ2) is 5.27. The molecule has 0 aromatic carbocycles. The minimum atomic E-state index is 0.263. The van der Waals surface area contributed by atoms with E-state index in [1.54, 1.807) is 0 Å². The molecule has 1 atom stereocenters. The maximum atomic E-state index is 12.2. The normalized spacial score (nSPS) is 41.3. The third kappa shape index (κ3) is 2.94. The molecule has 19 heavy (non-hydrogen) atoms. The van der Waals surface area contributed by atoms with E-state index in [1.807, 2.05) is 0 Å². The van der Waals surface area contributed by atoms with E-state index in [0.29, 0.717) is 17.2 Å². The maximum absolute atomic E-state index is 12.2. The van der Waals surface area contributed by atoms with Gasteiger partial charge in [0.1, 0.15) is 0 Å². The van der Waals surface area contributed by atoms with Crippen LogP contribution in [0.15, 0.2) is 0 Å². The lowest BCUT2D eigenvalue weighted by Gasteiger charge is -2.56. The van der Waals surface area contributed by atoms with Gasteiger partial charge in [-0.25, -0.2) is 0 Å². The largest absolute Gasteiger partial charge is 0.356 e. The highest BCUT2D eigenvalue weighted by Gasteiger charge is 2.51. The molecule has 4 aliphatic carbocycles. The standard InChI is InChI=1S/C16H26ClNO/c1-11(9-17)10-18-15(19)8-16-5-12-2-13(6-16)4-14(3-12)7-16/h11-14H,2-10H2,1H3,(H,18,19). The number of halogens is 1. The highest BCUT2D eigenvalue weighted by Crippen LogP contribution is 2.61. The van der Waals surface area contributed by atoms with Crippen LogP contribution in [0.1, 0.15) is 51.9 Å². The lowest BCUT2D eigenvalue weighted by Crippen LogP contribution is -2.48.